The fraction of sp³-hybridized carbons (Fsp3) is 0.556. The Balaban J connectivity index is 2.22. The maximum atomic E-state index is 8.37. The van der Waals surface area contributed by atoms with Crippen molar-refractivity contribution in [2.24, 2.45) is 5.92 Å². The summed E-state index contributed by atoms with van der Waals surface area (Å²) in [5.74, 6) is 0.880. The Bertz CT molecular complexity index is 219. The Morgan fingerprint density at radius 2 is 2.00 bits per heavy atom. The van der Waals surface area contributed by atoms with Gasteiger partial charge in [-0.3, -0.25) is 0 Å². The van der Waals surface area contributed by atoms with E-state index in [-0.39, 0.29) is 5.57 Å². The zero-order valence-corrected chi connectivity index (χ0v) is 6.38. The van der Waals surface area contributed by atoms with E-state index in [1.54, 1.807) is 6.08 Å². The molecule has 2 heteroatoms. The lowest BCUT2D eigenvalue weighted by atomic mass is 10.2. The zero-order chi connectivity index (χ0) is 8.10. The van der Waals surface area contributed by atoms with Crippen molar-refractivity contribution in [1.82, 2.24) is 0 Å². The number of hydrogen-bond acceptors (Lipinski definition) is 2. The molecule has 1 fully saturated rings. The lowest BCUT2D eigenvalue weighted by Crippen LogP contribution is -1.76. The van der Waals surface area contributed by atoms with Crippen LogP contribution in [0.3, 0.4) is 0 Å². The van der Waals surface area contributed by atoms with Crippen LogP contribution >= 0.6 is 0 Å². The molecule has 2 nitrogen and oxygen atoms in total. The summed E-state index contributed by atoms with van der Waals surface area (Å²) < 4.78 is 0. The smallest absolute Gasteiger partial charge is 0.125 e. The molecule has 1 aliphatic rings. The Kier molecular flexibility index (Phi) is 2.69. The number of hydrogen-bond donors (Lipinski definition) is 0. The van der Waals surface area contributed by atoms with Crippen LogP contribution in [0.1, 0.15) is 25.7 Å². The highest BCUT2D eigenvalue weighted by molar-refractivity contribution is 5.34. The van der Waals surface area contributed by atoms with Gasteiger partial charge in [-0.25, -0.2) is 0 Å². The van der Waals surface area contributed by atoms with Crippen LogP contribution in [0, 0.1) is 28.6 Å². The standard InChI is InChI=1S/C9H10N2/c10-6-9(7-11)3-1-2-8-4-5-8/h3,8H,1-2,4-5H2. The molecule has 0 unspecified atom stereocenters. The molecular formula is C9H10N2. The predicted molar refractivity (Wildman–Crippen MR) is 41.3 cm³/mol. The normalized spacial score (nSPS) is 14.7. The van der Waals surface area contributed by atoms with Crippen LogP contribution in [0.25, 0.3) is 0 Å². The molecule has 1 rings (SSSR count). The van der Waals surface area contributed by atoms with Crippen LogP contribution in [-0.2, 0) is 0 Å². The monoisotopic (exact) mass is 146 g/mol. The van der Waals surface area contributed by atoms with E-state index in [2.05, 4.69) is 0 Å². The summed E-state index contributed by atoms with van der Waals surface area (Å²) in [6.07, 6.45) is 6.44. The molecule has 0 aromatic heterocycles. The average molecular weight is 146 g/mol. The molecule has 0 N–H and O–H groups in total. The van der Waals surface area contributed by atoms with E-state index < -0.39 is 0 Å². The highest BCUT2D eigenvalue weighted by atomic mass is 14.3. The van der Waals surface area contributed by atoms with Crippen molar-refractivity contribution in [3.63, 3.8) is 0 Å². The van der Waals surface area contributed by atoms with Gasteiger partial charge in [0.1, 0.15) is 17.7 Å². The summed E-state index contributed by atoms with van der Waals surface area (Å²) in [4.78, 5) is 0. The maximum Gasteiger partial charge on any atom is 0.125 e. The van der Waals surface area contributed by atoms with E-state index in [1.165, 1.54) is 12.8 Å². The third kappa shape index (κ3) is 2.87. The van der Waals surface area contributed by atoms with Crippen molar-refractivity contribution >= 4 is 0 Å². The van der Waals surface area contributed by atoms with Crippen molar-refractivity contribution < 1.29 is 0 Å². The molecule has 0 aromatic carbocycles. The van der Waals surface area contributed by atoms with Gasteiger partial charge in [-0.1, -0.05) is 18.9 Å². The minimum absolute atomic E-state index is 0.255. The molecule has 0 aromatic rings. The van der Waals surface area contributed by atoms with E-state index in [0.29, 0.717) is 0 Å². The van der Waals surface area contributed by atoms with Gasteiger partial charge in [0.2, 0.25) is 0 Å². The van der Waals surface area contributed by atoms with Crippen LogP contribution in [0.15, 0.2) is 11.6 Å². The van der Waals surface area contributed by atoms with Crippen molar-refractivity contribution in [2.75, 3.05) is 0 Å². The summed E-state index contributed by atoms with van der Waals surface area (Å²) in [7, 11) is 0. The lowest BCUT2D eigenvalue weighted by molar-refractivity contribution is 0.741. The zero-order valence-electron chi connectivity index (χ0n) is 6.38. The third-order valence-corrected chi connectivity index (χ3v) is 1.86. The number of allylic oxidation sites excluding steroid dienone is 2. The van der Waals surface area contributed by atoms with Crippen LogP contribution in [0.5, 0.6) is 0 Å². The second-order valence-corrected chi connectivity index (χ2v) is 2.86. The second kappa shape index (κ2) is 3.78. The molecule has 0 spiro atoms. The Morgan fingerprint density at radius 3 is 2.45 bits per heavy atom. The molecule has 1 aliphatic carbocycles. The van der Waals surface area contributed by atoms with Gasteiger partial charge in [-0.15, -0.1) is 0 Å². The van der Waals surface area contributed by atoms with Gasteiger partial charge in [0.25, 0.3) is 0 Å². The molecule has 0 saturated heterocycles. The van der Waals surface area contributed by atoms with E-state index in [1.807, 2.05) is 12.1 Å². The Morgan fingerprint density at radius 1 is 1.36 bits per heavy atom. The second-order valence-electron chi connectivity index (χ2n) is 2.86. The highest BCUT2D eigenvalue weighted by Crippen LogP contribution is 2.33. The van der Waals surface area contributed by atoms with Crippen LogP contribution in [0.4, 0.5) is 0 Å². The quantitative estimate of drug-likeness (QED) is 0.573. The molecule has 11 heavy (non-hydrogen) atoms. The first-order chi connectivity index (χ1) is 5.36. The molecular weight excluding hydrogens is 136 g/mol. The number of nitrogens with zero attached hydrogens (tertiary/aromatic N) is 2. The van der Waals surface area contributed by atoms with E-state index >= 15 is 0 Å². The van der Waals surface area contributed by atoms with E-state index in [0.717, 1.165) is 18.8 Å². The summed E-state index contributed by atoms with van der Waals surface area (Å²) in [5.41, 5.74) is 0.255. The fourth-order valence-electron chi connectivity index (χ4n) is 0.986. The third-order valence-electron chi connectivity index (χ3n) is 1.86. The number of nitriles is 2. The fourth-order valence-corrected chi connectivity index (χ4v) is 0.986. The molecule has 0 aliphatic heterocycles. The largest absolute Gasteiger partial charge is 0.192 e. The first-order valence-electron chi connectivity index (χ1n) is 3.87. The van der Waals surface area contributed by atoms with Crippen molar-refractivity contribution in [3.8, 4) is 12.1 Å². The topological polar surface area (TPSA) is 47.6 Å². The summed E-state index contributed by atoms with van der Waals surface area (Å²) >= 11 is 0. The van der Waals surface area contributed by atoms with Crippen molar-refractivity contribution in [3.05, 3.63) is 11.6 Å². The van der Waals surface area contributed by atoms with Crippen molar-refractivity contribution in [2.45, 2.75) is 25.7 Å². The van der Waals surface area contributed by atoms with Gasteiger partial charge in [-0.2, -0.15) is 10.5 Å². The highest BCUT2D eigenvalue weighted by Gasteiger charge is 2.19. The van der Waals surface area contributed by atoms with Crippen molar-refractivity contribution in [1.29, 1.82) is 10.5 Å². The molecule has 0 bridgehead atoms. The predicted octanol–water partition coefficient (Wildman–Crippen LogP) is 2.15. The van der Waals surface area contributed by atoms with Gasteiger partial charge in [0.15, 0.2) is 0 Å². The van der Waals surface area contributed by atoms with Gasteiger partial charge in [-0.05, 0) is 18.8 Å². The summed E-state index contributed by atoms with van der Waals surface area (Å²) in [5, 5.41) is 16.7. The Labute approximate surface area is 66.7 Å². The molecule has 56 valence electrons. The summed E-state index contributed by atoms with van der Waals surface area (Å²) in [6.45, 7) is 0. The van der Waals surface area contributed by atoms with E-state index in [9.17, 15) is 0 Å². The van der Waals surface area contributed by atoms with Gasteiger partial charge in [0, 0.05) is 0 Å². The molecule has 0 atom stereocenters. The van der Waals surface area contributed by atoms with Crippen LogP contribution < -0.4 is 0 Å². The molecule has 0 amide bonds. The minimum Gasteiger partial charge on any atom is -0.192 e. The molecule has 0 radical (unpaired) electrons. The first kappa shape index (κ1) is 7.82. The van der Waals surface area contributed by atoms with E-state index in [4.69, 9.17) is 10.5 Å². The maximum absolute atomic E-state index is 8.37. The summed E-state index contributed by atoms with van der Waals surface area (Å²) in [6, 6.07) is 3.69. The average Bonchev–Trinajstić information content (AvgIpc) is 2.82. The molecule has 0 heterocycles. The first-order valence-corrected chi connectivity index (χ1v) is 3.87. The Hall–Kier alpha value is -1.28. The number of rotatable bonds is 3. The molecule has 1 saturated carbocycles. The van der Waals surface area contributed by atoms with Crippen LogP contribution in [0.2, 0.25) is 0 Å². The lowest BCUT2D eigenvalue weighted by Gasteiger charge is -1.88. The van der Waals surface area contributed by atoms with Gasteiger partial charge >= 0.3 is 0 Å². The van der Waals surface area contributed by atoms with Gasteiger partial charge < -0.3 is 0 Å². The van der Waals surface area contributed by atoms with Crippen LogP contribution in [-0.4, -0.2) is 0 Å². The SMILES string of the molecule is N#CC(C#N)=CCCC1CC1. The minimum atomic E-state index is 0.255. The van der Waals surface area contributed by atoms with Gasteiger partial charge in [0.05, 0.1) is 0 Å².